The zero-order valence-corrected chi connectivity index (χ0v) is 14.6. The molecule has 0 unspecified atom stereocenters. The number of aromatic nitrogens is 2. The van der Waals surface area contributed by atoms with Crippen LogP contribution in [0, 0.1) is 20.8 Å². The summed E-state index contributed by atoms with van der Waals surface area (Å²) >= 11 is 1.66. The summed E-state index contributed by atoms with van der Waals surface area (Å²) in [6.07, 6.45) is 0. The van der Waals surface area contributed by atoms with E-state index in [0.717, 1.165) is 22.6 Å². The van der Waals surface area contributed by atoms with Crippen LogP contribution in [0.15, 0.2) is 0 Å². The van der Waals surface area contributed by atoms with E-state index in [1.54, 1.807) is 11.3 Å². The van der Waals surface area contributed by atoms with Crippen LogP contribution in [0.4, 0.5) is 5.82 Å². The van der Waals surface area contributed by atoms with Gasteiger partial charge in [-0.05, 0) is 40.4 Å². The highest BCUT2D eigenvalue weighted by Gasteiger charge is 2.14. The van der Waals surface area contributed by atoms with Gasteiger partial charge in [0.2, 0.25) is 5.91 Å². The molecule has 0 aliphatic heterocycles. The number of aryl methyl sites for hydroxylation is 3. The summed E-state index contributed by atoms with van der Waals surface area (Å²) in [5.41, 5.74) is 1.18. The number of hydrogen-bond donors (Lipinski definition) is 2. The van der Waals surface area contributed by atoms with Gasteiger partial charge in [0.05, 0.1) is 11.9 Å². The Balaban J connectivity index is 2.06. The molecule has 2 aromatic heterocycles. The molecule has 22 heavy (non-hydrogen) atoms. The van der Waals surface area contributed by atoms with Crippen LogP contribution in [0.3, 0.4) is 0 Å². The molecule has 2 rings (SSSR count). The summed E-state index contributed by atoms with van der Waals surface area (Å²) in [6, 6.07) is 0. The van der Waals surface area contributed by atoms with Gasteiger partial charge in [-0.15, -0.1) is 11.3 Å². The predicted octanol–water partition coefficient (Wildman–Crippen LogP) is 1.71. The third-order valence-electron chi connectivity index (χ3n) is 3.44. The molecule has 0 aromatic carbocycles. The largest absolute Gasteiger partial charge is 0.360 e. The lowest BCUT2D eigenvalue weighted by Crippen LogP contribution is -2.35. The number of amides is 1. The lowest BCUT2D eigenvalue weighted by atomic mass is 10.2. The zero-order chi connectivity index (χ0) is 16.3. The molecule has 6 nitrogen and oxygen atoms in total. The quantitative estimate of drug-likeness (QED) is 0.847. The minimum absolute atomic E-state index is 0.0316. The SMILES string of the molecule is Cc1nc(NCC(=O)NCCN(C)C)c2c(C)c(C)sc2n1. The number of carbonyl (C=O) groups is 1. The maximum Gasteiger partial charge on any atom is 0.239 e. The molecular weight excluding hydrogens is 298 g/mol. The van der Waals surface area contributed by atoms with Crippen LogP contribution in [0.1, 0.15) is 16.3 Å². The minimum atomic E-state index is -0.0316. The van der Waals surface area contributed by atoms with E-state index in [2.05, 4.69) is 34.4 Å². The Morgan fingerprint density at radius 1 is 1.23 bits per heavy atom. The molecule has 2 aromatic rings. The van der Waals surface area contributed by atoms with E-state index < -0.39 is 0 Å². The van der Waals surface area contributed by atoms with Crippen molar-refractivity contribution in [3.63, 3.8) is 0 Å². The van der Waals surface area contributed by atoms with Gasteiger partial charge in [-0.2, -0.15) is 0 Å². The monoisotopic (exact) mass is 321 g/mol. The number of anilines is 1. The van der Waals surface area contributed by atoms with Crippen LogP contribution >= 0.6 is 11.3 Å². The van der Waals surface area contributed by atoms with E-state index in [0.29, 0.717) is 12.4 Å². The Morgan fingerprint density at radius 3 is 2.64 bits per heavy atom. The molecule has 1 amide bonds. The normalized spacial score (nSPS) is 11.2. The van der Waals surface area contributed by atoms with Gasteiger partial charge in [-0.25, -0.2) is 9.97 Å². The van der Waals surface area contributed by atoms with E-state index in [1.807, 2.05) is 25.9 Å². The second-order valence-corrected chi connectivity index (χ2v) is 6.79. The van der Waals surface area contributed by atoms with E-state index in [4.69, 9.17) is 0 Å². The molecule has 2 heterocycles. The molecule has 0 radical (unpaired) electrons. The molecule has 0 aliphatic carbocycles. The molecule has 0 spiro atoms. The Hall–Kier alpha value is -1.73. The van der Waals surface area contributed by atoms with Crippen LogP contribution in [-0.2, 0) is 4.79 Å². The topological polar surface area (TPSA) is 70.2 Å². The highest BCUT2D eigenvalue weighted by Crippen LogP contribution is 2.32. The van der Waals surface area contributed by atoms with E-state index in [-0.39, 0.29) is 12.5 Å². The van der Waals surface area contributed by atoms with Gasteiger partial charge < -0.3 is 15.5 Å². The second-order valence-electron chi connectivity index (χ2n) is 5.59. The summed E-state index contributed by atoms with van der Waals surface area (Å²) in [5.74, 6) is 1.42. The zero-order valence-electron chi connectivity index (χ0n) is 13.8. The summed E-state index contributed by atoms with van der Waals surface area (Å²) in [4.78, 5) is 25.0. The lowest BCUT2D eigenvalue weighted by molar-refractivity contribution is -0.119. The number of hydrogen-bond acceptors (Lipinski definition) is 6. The van der Waals surface area contributed by atoms with Gasteiger partial charge in [0.1, 0.15) is 16.5 Å². The van der Waals surface area contributed by atoms with Gasteiger partial charge in [-0.1, -0.05) is 0 Å². The van der Waals surface area contributed by atoms with Gasteiger partial charge in [0.25, 0.3) is 0 Å². The van der Waals surface area contributed by atoms with Gasteiger partial charge >= 0.3 is 0 Å². The molecule has 0 aliphatic rings. The number of likely N-dealkylation sites (N-methyl/N-ethyl adjacent to an activating group) is 1. The van der Waals surface area contributed by atoms with Crippen molar-refractivity contribution < 1.29 is 4.79 Å². The number of thiophene rings is 1. The number of nitrogens with one attached hydrogen (secondary N) is 2. The standard InChI is InChI=1S/C15H23N5OS/c1-9-10(2)22-15-13(9)14(18-11(3)19-15)17-8-12(21)16-6-7-20(4)5/h6-8H2,1-5H3,(H,16,21)(H,17,18,19). The van der Waals surface area contributed by atoms with Crippen LogP contribution in [0.5, 0.6) is 0 Å². The Labute approximate surface area is 134 Å². The fourth-order valence-electron chi connectivity index (χ4n) is 2.13. The average Bonchev–Trinajstić information content (AvgIpc) is 2.70. The number of nitrogens with zero attached hydrogens (tertiary/aromatic N) is 3. The fourth-order valence-corrected chi connectivity index (χ4v) is 3.20. The van der Waals surface area contributed by atoms with Crippen molar-refractivity contribution in [2.45, 2.75) is 20.8 Å². The van der Waals surface area contributed by atoms with E-state index in [9.17, 15) is 4.79 Å². The van der Waals surface area contributed by atoms with E-state index >= 15 is 0 Å². The molecule has 0 bridgehead atoms. The summed E-state index contributed by atoms with van der Waals surface area (Å²) in [5, 5.41) is 7.06. The number of fused-ring (bicyclic) bond motifs is 1. The highest BCUT2D eigenvalue weighted by molar-refractivity contribution is 7.18. The number of rotatable bonds is 6. The summed E-state index contributed by atoms with van der Waals surface area (Å²) < 4.78 is 0. The first kappa shape index (κ1) is 16.6. The Morgan fingerprint density at radius 2 is 1.95 bits per heavy atom. The molecule has 120 valence electrons. The van der Waals surface area contributed by atoms with Crippen LogP contribution in [-0.4, -0.2) is 54.5 Å². The van der Waals surface area contributed by atoms with Crippen molar-refractivity contribution in [1.29, 1.82) is 0 Å². The van der Waals surface area contributed by atoms with Crippen molar-refractivity contribution in [3.05, 3.63) is 16.3 Å². The highest BCUT2D eigenvalue weighted by atomic mass is 32.1. The second kappa shape index (κ2) is 7.02. The molecule has 0 fully saturated rings. The van der Waals surface area contributed by atoms with Crippen molar-refractivity contribution in [2.75, 3.05) is 39.0 Å². The molecular formula is C15H23N5OS. The lowest BCUT2D eigenvalue weighted by Gasteiger charge is -2.11. The van der Waals surface area contributed by atoms with Crippen LogP contribution < -0.4 is 10.6 Å². The van der Waals surface area contributed by atoms with Crippen molar-refractivity contribution in [3.8, 4) is 0 Å². The smallest absolute Gasteiger partial charge is 0.239 e. The van der Waals surface area contributed by atoms with Crippen molar-refractivity contribution >= 4 is 33.3 Å². The Kier molecular flexibility index (Phi) is 5.31. The first-order valence-electron chi connectivity index (χ1n) is 7.28. The maximum atomic E-state index is 11.9. The number of carbonyl (C=O) groups excluding carboxylic acids is 1. The molecule has 0 saturated carbocycles. The third-order valence-corrected chi connectivity index (χ3v) is 4.54. The van der Waals surface area contributed by atoms with Crippen molar-refractivity contribution in [1.82, 2.24) is 20.2 Å². The fraction of sp³-hybridized carbons (Fsp3) is 0.533. The van der Waals surface area contributed by atoms with Crippen LogP contribution in [0.2, 0.25) is 0 Å². The van der Waals surface area contributed by atoms with Gasteiger partial charge in [0, 0.05) is 18.0 Å². The summed E-state index contributed by atoms with van der Waals surface area (Å²) in [7, 11) is 3.96. The minimum Gasteiger partial charge on any atom is -0.360 e. The van der Waals surface area contributed by atoms with Crippen LogP contribution in [0.25, 0.3) is 10.2 Å². The third kappa shape index (κ3) is 3.92. The summed E-state index contributed by atoms with van der Waals surface area (Å²) in [6.45, 7) is 7.69. The molecule has 0 atom stereocenters. The Bertz CT molecular complexity index is 680. The molecule has 0 saturated heterocycles. The van der Waals surface area contributed by atoms with E-state index in [1.165, 1.54) is 10.4 Å². The predicted molar refractivity (Wildman–Crippen MR) is 91.7 cm³/mol. The van der Waals surface area contributed by atoms with Crippen molar-refractivity contribution in [2.24, 2.45) is 0 Å². The van der Waals surface area contributed by atoms with Gasteiger partial charge in [0.15, 0.2) is 0 Å². The maximum absolute atomic E-state index is 11.9. The first-order valence-corrected chi connectivity index (χ1v) is 8.09. The molecule has 2 N–H and O–H groups in total. The first-order chi connectivity index (χ1) is 10.4. The molecule has 7 heteroatoms. The average molecular weight is 321 g/mol. The van der Waals surface area contributed by atoms with Gasteiger partial charge in [-0.3, -0.25) is 4.79 Å².